The molecule has 3 nitrogen and oxygen atoms in total. The maximum atomic E-state index is 6.01. The first-order chi connectivity index (χ1) is 11.1. The maximum absolute atomic E-state index is 6.01. The molecule has 0 unspecified atom stereocenters. The minimum absolute atomic E-state index is 0.526. The van der Waals surface area contributed by atoms with E-state index in [0.29, 0.717) is 6.61 Å². The first-order valence-corrected chi connectivity index (χ1v) is 8.33. The zero-order chi connectivity index (χ0) is 16.5. The van der Waals surface area contributed by atoms with E-state index in [0.717, 1.165) is 42.4 Å². The molecule has 0 heterocycles. The van der Waals surface area contributed by atoms with Crippen LogP contribution in [0.4, 0.5) is 0 Å². The number of halogens is 1. The highest BCUT2D eigenvalue weighted by molar-refractivity contribution is 6.30. The number of nitrogens with zero attached hydrogens (tertiary/aromatic N) is 1. The number of para-hydroxylation sites is 1. The number of ether oxygens (including phenoxy) is 1. The predicted molar refractivity (Wildman–Crippen MR) is 97.1 cm³/mol. The minimum atomic E-state index is 0.526. The fourth-order valence-corrected chi connectivity index (χ4v) is 2.53. The van der Waals surface area contributed by atoms with Gasteiger partial charge in [-0.2, -0.15) is 0 Å². The molecule has 23 heavy (non-hydrogen) atoms. The zero-order valence-electron chi connectivity index (χ0n) is 13.9. The van der Waals surface area contributed by atoms with Crippen LogP contribution in [-0.4, -0.2) is 32.1 Å². The lowest BCUT2D eigenvalue weighted by Crippen LogP contribution is -2.21. The van der Waals surface area contributed by atoms with E-state index in [4.69, 9.17) is 16.3 Å². The summed E-state index contributed by atoms with van der Waals surface area (Å²) in [6.07, 6.45) is 1.14. The Morgan fingerprint density at radius 2 is 1.91 bits per heavy atom. The fraction of sp³-hybridized carbons (Fsp3) is 0.368. The average Bonchev–Trinajstić information content (AvgIpc) is 2.53. The van der Waals surface area contributed by atoms with Crippen molar-refractivity contribution in [3.8, 4) is 5.75 Å². The van der Waals surface area contributed by atoms with Gasteiger partial charge < -0.3 is 15.0 Å². The average molecular weight is 333 g/mol. The highest BCUT2D eigenvalue weighted by Crippen LogP contribution is 2.20. The largest absolute Gasteiger partial charge is 0.489 e. The van der Waals surface area contributed by atoms with Crippen LogP contribution in [0.1, 0.15) is 17.5 Å². The van der Waals surface area contributed by atoms with Gasteiger partial charge in [-0.15, -0.1) is 0 Å². The first kappa shape index (κ1) is 17.8. The van der Waals surface area contributed by atoms with Crippen LogP contribution in [0.5, 0.6) is 5.75 Å². The molecule has 0 amide bonds. The van der Waals surface area contributed by atoms with Gasteiger partial charge >= 0.3 is 0 Å². The van der Waals surface area contributed by atoms with Crippen molar-refractivity contribution in [3.05, 3.63) is 64.7 Å². The van der Waals surface area contributed by atoms with Crippen LogP contribution in [-0.2, 0) is 13.2 Å². The zero-order valence-corrected chi connectivity index (χ0v) is 14.6. The third-order valence-corrected chi connectivity index (χ3v) is 3.77. The normalized spacial score (nSPS) is 11.0. The summed E-state index contributed by atoms with van der Waals surface area (Å²) >= 11 is 6.01. The highest BCUT2D eigenvalue weighted by atomic mass is 35.5. The molecule has 0 atom stereocenters. The van der Waals surface area contributed by atoms with Gasteiger partial charge in [0.1, 0.15) is 12.4 Å². The molecular formula is C19H25ClN2O. The standard InChI is InChI=1S/C19H25ClN2O/c1-22(2)12-6-11-21-14-17-8-3-4-10-19(17)23-15-16-7-5-9-18(20)13-16/h3-5,7-10,13,21H,6,11-12,14-15H2,1-2H3. The molecule has 0 saturated heterocycles. The summed E-state index contributed by atoms with van der Waals surface area (Å²) < 4.78 is 5.97. The van der Waals surface area contributed by atoms with E-state index in [1.54, 1.807) is 0 Å². The topological polar surface area (TPSA) is 24.5 Å². The van der Waals surface area contributed by atoms with Crippen molar-refractivity contribution in [1.82, 2.24) is 10.2 Å². The van der Waals surface area contributed by atoms with Crippen molar-refractivity contribution >= 4 is 11.6 Å². The Balaban J connectivity index is 1.85. The van der Waals surface area contributed by atoms with E-state index in [-0.39, 0.29) is 0 Å². The van der Waals surface area contributed by atoms with Crippen molar-refractivity contribution in [2.75, 3.05) is 27.2 Å². The number of benzene rings is 2. The fourth-order valence-electron chi connectivity index (χ4n) is 2.32. The molecule has 0 fully saturated rings. The van der Waals surface area contributed by atoms with Crippen molar-refractivity contribution in [3.63, 3.8) is 0 Å². The van der Waals surface area contributed by atoms with Crippen LogP contribution in [0.25, 0.3) is 0 Å². The Morgan fingerprint density at radius 3 is 2.70 bits per heavy atom. The third-order valence-electron chi connectivity index (χ3n) is 3.53. The smallest absolute Gasteiger partial charge is 0.124 e. The van der Waals surface area contributed by atoms with Crippen molar-refractivity contribution in [2.45, 2.75) is 19.6 Å². The minimum Gasteiger partial charge on any atom is -0.489 e. The lowest BCUT2D eigenvalue weighted by molar-refractivity contribution is 0.302. The van der Waals surface area contributed by atoms with Crippen LogP contribution < -0.4 is 10.1 Å². The van der Waals surface area contributed by atoms with E-state index >= 15 is 0 Å². The monoisotopic (exact) mass is 332 g/mol. The predicted octanol–water partition coefficient (Wildman–Crippen LogP) is 3.96. The lowest BCUT2D eigenvalue weighted by Gasteiger charge is -2.13. The van der Waals surface area contributed by atoms with Crippen molar-refractivity contribution in [1.29, 1.82) is 0 Å². The summed E-state index contributed by atoms with van der Waals surface area (Å²) in [7, 11) is 4.19. The Labute approximate surface area is 144 Å². The highest BCUT2D eigenvalue weighted by Gasteiger charge is 2.03. The van der Waals surface area contributed by atoms with Gasteiger partial charge in [0.2, 0.25) is 0 Å². The molecule has 0 aromatic heterocycles. The molecule has 0 aliphatic rings. The van der Waals surface area contributed by atoms with Gasteiger partial charge in [-0.05, 0) is 57.4 Å². The summed E-state index contributed by atoms with van der Waals surface area (Å²) in [5.41, 5.74) is 2.26. The Kier molecular flexibility index (Phi) is 7.40. The summed E-state index contributed by atoms with van der Waals surface area (Å²) in [5, 5.41) is 4.21. The Bertz CT molecular complexity index is 601. The summed E-state index contributed by atoms with van der Waals surface area (Å²) in [5.74, 6) is 0.924. The number of nitrogens with one attached hydrogen (secondary N) is 1. The second kappa shape index (κ2) is 9.56. The number of rotatable bonds is 9. The molecule has 2 aromatic carbocycles. The number of hydrogen-bond acceptors (Lipinski definition) is 3. The molecule has 2 rings (SSSR count). The molecule has 0 bridgehead atoms. The molecule has 0 radical (unpaired) electrons. The van der Waals surface area contributed by atoms with Crippen LogP contribution in [0.3, 0.4) is 0 Å². The second-order valence-corrected chi connectivity index (χ2v) is 6.30. The Morgan fingerprint density at radius 1 is 1.09 bits per heavy atom. The molecule has 0 aliphatic carbocycles. The van der Waals surface area contributed by atoms with E-state index in [1.165, 1.54) is 5.56 Å². The molecule has 2 aromatic rings. The SMILES string of the molecule is CN(C)CCCNCc1ccccc1OCc1cccc(Cl)c1. The van der Waals surface area contributed by atoms with E-state index in [1.807, 2.05) is 42.5 Å². The molecule has 4 heteroatoms. The van der Waals surface area contributed by atoms with Gasteiger partial charge in [0.15, 0.2) is 0 Å². The van der Waals surface area contributed by atoms with Crippen LogP contribution >= 0.6 is 11.6 Å². The quantitative estimate of drug-likeness (QED) is 0.703. The molecule has 1 N–H and O–H groups in total. The molecule has 0 aliphatic heterocycles. The van der Waals surface area contributed by atoms with Gasteiger partial charge in [-0.1, -0.05) is 41.9 Å². The van der Waals surface area contributed by atoms with E-state index < -0.39 is 0 Å². The maximum Gasteiger partial charge on any atom is 0.124 e. The van der Waals surface area contributed by atoms with Crippen LogP contribution in [0.2, 0.25) is 5.02 Å². The van der Waals surface area contributed by atoms with Crippen molar-refractivity contribution in [2.24, 2.45) is 0 Å². The molecule has 0 saturated carbocycles. The first-order valence-electron chi connectivity index (χ1n) is 7.96. The second-order valence-electron chi connectivity index (χ2n) is 5.86. The molecular weight excluding hydrogens is 308 g/mol. The lowest BCUT2D eigenvalue weighted by atomic mass is 10.2. The van der Waals surface area contributed by atoms with E-state index in [9.17, 15) is 0 Å². The summed E-state index contributed by atoms with van der Waals surface area (Å²) in [6, 6.07) is 15.9. The molecule has 124 valence electrons. The van der Waals surface area contributed by atoms with E-state index in [2.05, 4.69) is 30.4 Å². The van der Waals surface area contributed by atoms with Gasteiger partial charge in [-0.3, -0.25) is 0 Å². The summed E-state index contributed by atoms with van der Waals surface area (Å²) in [4.78, 5) is 2.20. The van der Waals surface area contributed by atoms with Crippen LogP contribution in [0.15, 0.2) is 48.5 Å². The summed E-state index contributed by atoms with van der Waals surface area (Å²) in [6.45, 7) is 3.44. The van der Waals surface area contributed by atoms with Crippen molar-refractivity contribution < 1.29 is 4.74 Å². The number of hydrogen-bond donors (Lipinski definition) is 1. The molecule has 0 spiro atoms. The van der Waals surface area contributed by atoms with Gasteiger partial charge in [0, 0.05) is 17.1 Å². The van der Waals surface area contributed by atoms with Gasteiger partial charge in [-0.25, -0.2) is 0 Å². The third kappa shape index (κ3) is 6.61. The van der Waals surface area contributed by atoms with Gasteiger partial charge in [0.05, 0.1) is 0 Å². The Hall–Kier alpha value is -1.55. The van der Waals surface area contributed by atoms with Crippen LogP contribution in [0, 0.1) is 0 Å². The van der Waals surface area contributed by atoms with Gasteiger partial charge in [0.25, 0.3) is 0 Å².